The molecule has 0 bridgehead atoms. The molecule has 0 atom stereocenters. The number of aryl methyl sites for hydroxylation is 1. The number of carbonyl (C=O) groups excluding carboxylic acids is 2. The monoisotopic (exact) mass is 433 g/mol. The van der Waals surface area contributed by atoms with Gasteiger partial charge in [-0.05, 0) is 37.6 Å². The van der Waals surface area contributed by atoms with Crippen LogP contribution in [0.5, 0.6) is 0 Å². The van der Waals surface area contributed by atoms with E-state index in [2.05, 4.69) is 4.99 Å². The number of thiazole rings is 1. The van der Waals surface area contributed by atoms with Gasteiger partial charge in [0.15, 0.2) is 4.80 Å². The van der Waals surface area contributed by atoms with Crippen LogP contribution < -0.4 is 4.80 Å². The van der Waals surface area contributed by atoms with Crippen molar-refractivity contribution >= 4 is 50.7 Å². The summed E-state index contributed by atoms with van der Waals surface area (Å²) in [5.41, 5.74) is 1.39. The zero-order valence-corrected chi connectivity index (χ0v) is 17.1. The Kier molecular flexibility index (Phi) is 6.09. The molecule has 0 spiro atoms. The molecule has 0 aliphatic rings. The quantitative estimate of drug-likeness (QED) is 0.345. The third-order valence-electron chi connectivity index (χ3n) is 4.02. The lowest BCUT2D eigenvalue weighted by Gasteiger charge is -2.05. The second-order valence-corrected chi connectivity index (χ2v) is 7.50. The van der Waals surface area contributed by atoms with Gasteiger partial charge in [0.25, 0.3) is 11.6 Å². The maximum Gasteiger partial charge on any atom is 0.326 e. The minimum Gasteiger partial charge on any atom is -0.465 e. The zero-order chi connectivity index (χ0) is 21.1. The van der Waals surface area contributed by atoms with Crippen molar-refractivity contribution in [2.45, 2.75) is 20.4 Å². The third kappa shape index (κ3) is 4.52. The molecule has 0 aliphatic heterocycles. The lowest BCUT2D eigenvalue weighted by molar-refractivity contribution is -0.384. The second kappa shape index (κ2) is 8.54. The number of hydrogen-bond acceptors (Lipinski definition) is 6. The first-order valence-corrected chi connectivity index (χ1v) is 9.78. The van der Waals surface area contributed by atoms with Gasteiger partial charge in [-0.2, -0.15) is 4.99 Å². The van der Waals surface area contributed by atoms with Crippen LogP contribution in [0.15, 0.2) is 41.4 Å². The van der Waals surface area contributed by atoms with E-state index in [1.54, 1.807) is 11.5 Å². The van der Waals surface area contributed by atoms with Gasteiger partial charge in [0.2, 0.25) is 0 Å². The second-order valence-electron chi connectivity index (χ2n) is 6.09. The van der Waals surface area contributed by atoms with Gasteiger partial charge in [0.05, 0.1) is 32.3 Å². The van der Waals surface area contributed by atoms with Crippen molar-refractivity contribution in [2.75, 3.05) is 6.61 Å². The number of fused-ring (bicyclic) bond motifs is 1. The minimum absolute atomic E-state index is 0.0539. The number of halogens is 1. The van der Waals surface area contributed by atoms with Gasteiger partial charge in [0, 0.05) is 12.1 Å². The van der Waals surface area contributed by atoms with E-state index in [4.69, 9.17) is 16.3 Å². The van der Waals surface area contributed by atoms with Crippen LogP contribution >= 0.6 is 22.9 Å². The van der Waals surface area contributed by atoms with Crippen molar-refractivity contribution in [3.8, 4) is 0 Å². The summed E-state index contributed by atoms with van der Waals surface area (Å²) in [5, 5.41) is 11.1. The summed E-state index contributed by atoms with van der Waals surface area (Å²) < 4.78 is 7.44. The van der Waals surface area contributed by atoms with Gasteiger partial charge >= 0.3 is 5.97 Å². The van der Waals surface area contributed by atoms with Crippen LogP contribution in [0.2, 0.25) is 5.02 Å². The van der Waals surface area contributed by atoms with E-state index < -0.39 is 16.8 Å². The number of benzene rings is 2. The fraction of sp³-hybridized carbons (Fsp3) is 0.211. The number of amides is 1. The lowest BCUT2D eigenvalue weighted by atomic mass is 10.2. The Morgan fingerprint density at radius 2 is 2.03 bits per heavy atom. The van der Waals surface area contributed by atoms with E-state index in [9.17, 15) is 19.7 Å². The highest BCUT2D eigenvalue weighted by Gasteiger charge is 2.17. The molecule has 0 N–H and O–H groups in total. The number of non-ortho nitro benzene ring substituents is 1. The molecule has 1 aromatic heterocycles. The summed E-state index contributed by atoms with van der Waals surface area (Å²) in [5.74, 6) is -1.20. The molecule has 3 rings (SSSR count). The lowest BCUT2D eigenvalue weighted by Crippen LogP contribution is -2.23. The average molecular weight is 434 g/mol. The van der Waals surface area contributed by atoms with Gasteiger partial charge in [-0.1, -0.05) is 29.0 Å². The fourth-order valence-electron chi connectivity index (χ4n) is 2.69. The maximum absolute atomic E-state index is 12.7. The smallest absolute Gasteiger partial charge is 0.326 e. The molecule has 8 nitrogen and oxygen atoms in total. The highest BCUT2D eigenvalue weighted by Crippen LogP contribution is 2.23. The molecule has 150 valence electrons. The molecule has 0 unspecified atom stereocenters. The number of carbonyl (C=O) groups is 2. The Morgan fingerprint density at radius 3 is 2.72 bits per heavy atom. The van der Waals surface area contributed by atoms with Crippen LogP contribution in [0, 0.1) is 17.0 Å². The Balaban J connectivity index is 2.14. The van der Waals surface area contributed by atoms with E-state index in [0.29, 0.717) is 0 Å². The van der Waals surface area contributed by atoms with Crippen LogP contribution in [-0.2, 0) is 16.1 Å². The van der Waals surface area contributed by atoms with Crippen LogP contribution in [0.4, 0.5) is 5.69 Å². The minimum atomic E-state index is -0.736. The standard InChI is InChI=1S/C19H16ClN3O5S/c1-3-28-17(24)10-22-15-7-4-11(2)8-16(15)29-19(22)21-18(25)13-9-12(23(26)27)5-6-14(13)20/h4-9H,3,10H2,1-2H3. The van der Waals surface area contributed by atoms with Crippen LogP contribution in [-0.4, -0.2) is 28.0 Å². The highest BCUT2D eigenvalue weighted by atomic mass is 35.5. The van der Waals surface area contributed by atoms with Gasteiger partial charge < -0.3 is 9.30 Å². The van der Waals surface area contributed by atoms with E-state index in [-0.39, 0.29) is 34.2 Å². The topological polar surface area (TPSA) is 104 Å². The molecule has 0 aliphatic carbocycles. The molecule has 2 aromatic carbocycles. The number of rotatable bonds is 5. The maximum atomic E-state index is 12.7. The number of aromatic nitrogens is 1. The Morgan fingerprint density at radius 1 is 1.28 bits per heavy atom. The van der Waals surface area contributed by atoms with Crippen LogP contribution in [0.25, 0.3) is 10.2 Å². The normalized spacial score (nSPS) is 11.6. The predicted octanol–water partition coefficient (Wildman–Crippen LogP) is 3.88. The predicted molar refractivity (Wildman–Crippen MR) is 109 cm³/mol. The third-order valence-corrected chi connectivity index (χ3v) is 5.39. The van der Waals surface area contributed by atoms with Crippen LogP contribution in [0.1, 0.15) is 22.8 Å². The molecular formula is C19H16ClN3O5S. The summed E-state index contributed by atoms with van der Waals surface area (Å²) in [7, 11) is 0. The SMILES string of the molecule is CCOC(=O)Cn1c(=NC(=O)c2cc([N+](=O)[O-])ccc2Cl)sc2cc(C)ccc21. The molecule has 1 heterocycles. The summed E-state index contributed by atoms with van der Waals surface area (Å²) >= 11 is 7.27. The fourth-order valence-corrected chi connectivity index (χ4v) is 4.02. The summed E-state index contributed by atoms with van der Waals surface area (Å²) in [6.45, 7) is 3.75. The molecule has 0 radical (unpaired) electrons. The number of esters is 1. The molecular weight excluding hydrogens is 418 g/mol. The van der Waals surface area contributed by atoms with Gasteiger partial charge in [-0.3, -0.25) is 19.7 Å². The largest absolute Gasteiger partial charge is 0.465 e. The van der Waals surface area contributed by atoms with E-state index in [1.807, 2.05) is 25.1 Å². The molecule has 0 saturated heterocycles. The van der Waals surface area contributed by atoms with E-state index >= 15 is 0 Å². The van der Waals surface area contributed by atoms with Crippen molar-refractivity contribution in [3.05, 3.63) is 67.5 Å². The first-order valence-electron chi connectivity index (χ1n) is 8.58. The Hall–Kier alpha value is -3.04. The van der Waals surface area contributed by atoms with Crippen LogP contribution in [0.3, 0.4) is 0 Å². The van der Waals surface area contributed by atoms with Crippen molar-refractivity contribution in [2.24, 2.45) is 4.99 Å². The van der Waals surface area contributed by atoms with Gasteiger partial charge in [-0.25, -0.2) is 0 Å². The van der Waals surface area contributed by atoms with Crippen molar-refractivity contribution < 1.29 is 19.2 Å². The first kappa shape index (κ1) is 20.7. The number of nitro groups is 1. The summed E-state index contributed by atoms with van der Waals surface area (Å²) in [6.07, 6.45) is 0. The van der Waals surface area contributed by atoms with Crippen molar-refractivity contribution in [3.63, 3.8) is 0 Å². The molecule has 0 fully saturated rings. The molecule has 3 aromatic rings. The van der Waals surface area contributed by atoms with Gasteiger partial charge in [0.1, 0.15) is 6.54 Å². The van der Waals surface area contributed by atoms with E-state index in [0.717, 1.165) is 21.8 Å². The van der Waals surface area contributed by atoms with Gasteiger partial charge in [-0.15, -0.1) is 0 Å². The number of ether oxygens (including phenoxy) is 1. The zero-order valence-electron chi connectivity index (χ0n) is 15.5. The van der Waals surface area contributed by atoms with E-state index in [1.165, 1.54) is 23.5 Å². The molecule has 0 saturated carbocycles. The molecule has 1 amide bonds. The molecule has 29 heavy (non-hydrogen) atoms. The average Bonchev–Trinajstić information content (AvgIpc) is 2.98. The number of nitrogens with zero attached hydrogens (tertiary/aromatic N) is 3. The summed E-state index contributed by atoms with van der Waals surface area (Å²) in [6, 6.07) is 9.22. The highest BCUT2D eigenvalue weighted by molar-refractivity contribution is 7.16. The number of nitro benzene ring substituents is 1. The first-order chi connectivity index (χ1) is 13.8. The molecule has 10 heteroatoms. The summed E-state index contributed by atoms with van der Waals surface area (Å²) in [4.78, 5) is 39.5. The number of hydrogen-bond donors (Lipinski definition) is 0. The Bertz CT molecular complexity index is 1200. The van der Waals surface area contributed by atoms with Crippen molar-refractivity contribution in [1.82, 2.24) is 4.57 Å². The Labute approximate surface area is 174 Å². The van der Waals surface area contributed by atoms with Crippen molar-refractivity contribution in [1.29, 1.82) is 0 Å².